The van der Waals surface area contributed by atoms with Gasteiger partial charge in [0, 0.05) is 18.6 Å². The van der Waals surface area contributed by atoms with E-state index >= 15 is 0 Å². The molecular formula is C12H23NO. The third-order valence-corrected chi connectivity index (χ3v) is 4.41. The normalized spacial score (nSPS) is 39.4. The molecule has 1 aliphatic carbocycles. The summed E-state index contributed by atoms with van der Waals surface area (Å²) in [5, 5.41) is 0. The Bertz CT molecular complexity index is 189. The van der Waals surface area contributed by atoms with Crippen LogP contribution >= 0.6 is 0 Å². The predicted octanol–water partition coefficient (Wildman–Crippen LogP) is 2.32. The van der Waals surface area contributed by atoms with Gasteiger partial charge in [-0.1, -0.05) is 25.7 Å². The summed E-state index contributed by atoms with van der Waals surface area (Å²) in [6.45, 7) is 3.94. The zero-order valence-corrected chi connectivity index (χ0v) is 9.30. The van der Waals surface area contributed by atoms with E-state index < -0.39 is 0 Å². The third-order valence-electron chi connectivity index (χ3n) is 4.41. The van der Waals surface area contributed by atoms with Gasteiger partial charge in [0.1, 0.15) is 0 Å². The van der Waals surface area contributed by atoms with Crippen LogP contribution in [0.5, 0.6) is 0 Å². The van der Waals surface area contributed by atoms with Crippen LogP contribution in [0, 0.1) is 11.3 Å². The molecule has 14 heavy (non-hydrogen) atoms. The van der Waals surface area contributed by atoms with Crippen molar-refractivity contribution in [3.05, 3.63) is 0 Å². The Hall–Kier alpha value is -0.0800. The Morgan fingerprint density at radius 3 is 2.57 bits per heavy atom. The number of hydrogen-bond acceptors (Lipinski definition) is 2. The summed E-state index contributed by atoms with van der Waals surface area (Å²) in [6, 6.07) is 0. The monoisotopic (exact) mass is 197 g/mol. The fourth-order valence-electron chi connectivity index (χ4n) is 3.23. The highest BCUT2D eigenvalue weighted by atomic mass is 16.5. The molecule has 1 saturated heterocycles. The minimum absolute atomic E-state index is 0.314. The molecular weight excluding hydrogens is 174 g/mol. The largest absolute Gasteiger partial charge is 0.378 e. The van der Waals surface area contributed by atoms with Crippen molar-refractivity contribution in [3.63, 3.8) is 0 Å². The maximum absolute atomic E-state index is 5.96. The first-order chi connectivity index (χ1) is 6.77. The van der Waals surface area contributed by atoms with Crippen molar-refractivity contribution in [2.45, 2.75) is 51.6 Å². The summed E-state index contributed by atoms with van der Waals surface area (Å²) in [5.74, 6) is 0.933. The van der Waals surface area contributed by atoms with Crippen LogP contribution in [-0.2, 0) is 4.74 Å². The third kappa shape index (κ3) is 1.82. The number of rotatable bonds is 3. The van der Waals surface area contributed by atoms with E-state index in [-0.39, 0.29) is 0 Å². The molecule has 82 valence electrons. The molecule has 0 radical (unpaired) electrons. The highest BCUT2D eigenvalue weighted by molar-refractivity contribution is 4.92. The van der Waals surface area contributed by atoms with Gasteiger partial charge in [0.25, 0.3) is 0 Å². The van der Waals surface area contributed by atoms with Gasteiger partial charge in [0.05, 0.1) is 6.10 Å². The fourth-order valence-corrected chi connectivity index (χ4v) is 3.23. The van der Waals surface area contributed by atoms with E-state index in [1.165, 1.54) is 38.5 Å². The standard InChI is InChI=1S/C12H23NO/c1-10-12(9-13,6-7-14-10)8-11-4-2-3-5-11/h10-11H,2-9,13H2,1H3. The van der Waals surface area contributed by atoms with Crippen molar-refractivity contribution >= 4 is 0 Å². The van der Waals surface area contributed by atoms with Gasteiger partial charge in [-0.15, -0.1) is 0 Å². The van der Waals surface area contributed by atoms with Crippen LogP contribution in [0.1, 0.15) is 45.4 Å². The molecule has 2 fully saturated rings. The first kappa shape index (κ1) is 10.4. The van der Waals surface area contributed by atoms with Gasteiger partial charge in [-0.25, -0.2) is 0 Å². The lowest BCUT2D eigenvalue weighted by atomic mass is 9.74. The van der Waals surface area contributed by atoms with E-state index in [4.69, 9.17) is 10.5 Å². The van der Waals surface area contributed by atoms with Crippen LogP contribution in [0.2, 0.25) is 0 Å². The Morgan fingerprint density at radius 2 is 2.07 bits per heavy atom. The molecule has 0 spiro atoms. The smallest absolute Gasteiger partial charge is 0.0616 e. The molecule has 1 aliphatic heterocycles. The molecule has 2 unspecified atom stereocenters. The van der Waals surface area contributed by atoms with Crippen molar-refractivity contribution in [2.24, 2.45) is 17.1 Å². The molecule has 2 atom stereocenters. The second-order valence-electron chi connectivity index (χ2n) is 5.18. The molecule has 0 aromatic carbocycles. The predicted molar refractivity (Wildman–Crippen MR) is 58.1 cm³/mol. The van der Waals surface area contributed by atoms with Gasteiger partial charge in [-0.2, -0.15) is 0 Å². The molecule has 0 amide bonds. The molecule has 0 aromatic heterocycles. The van der Waals surface area contributed by atoms with E-state index in [0.717, 1.165) is 19.1 Å². The van der Waals surface area contributed by atoms with Gasteiger partial charge in [-0.3, -0.25) is 0 Å². The molecule has 0 aromatic rings. The maximum Gasteiger partial charge on any atom is 0.0616 e. The number of ether oxygens (including phenoxy) is 1. The lowest BCUT2D eigenvalue weighted by Gasteiger charge is -2.33. The van der Waals surface area contributed by atoms with Gasteiger partial charge < -0.3 is 10.5 Å². The first-order valence-electron chi connectivity index (χ1n) is 6.08. The quantitative estimate of drug-likeness (QED) is 0.753. The Labute approximate surface area is 87.2 Å². The zero-order chi connectivity index (χ0) is 10.0. The Balaban J connectivity index is 1.97. The molecule has 2 N–H and O–H groups in total. The topological polar surface area (TPSA) is 35.2 Å². The summed E-state index contributed by atoms with van der Waals surface area (Å²) in [5.41, 5.74) is 6.27. The molecule has 1 saturated carbocycles. The van der Waals surface area contributed by atoms with Crippen LogP contribution in [0.4, 0.5) is 0 Å². The van der Waals surface area contributed by atoms with Crippen molar-refractivity contribution in [1.82, 2.24) is 0 Å². The summed E-state index contributed by atoms with van der Waals surface area (Å²) in [6.07, 6.45) is 8.59. The second-order valence-corrected chi connectivity index (χ2v) is 5.18. The van der Waals surface area contributed by atoms with Gasteiger partial charge in [0.2, 0.25) is 0 Å². The van der Waals surface area contributed by atoms with E-state index in [9.17, 15) is 0 Å². The summed E-state index contributed by atoms with van der Waals surface area (Å²) >= 11 is 0. The number of nitrogens with two attached hydrogens (primary N) is 1. The SMILES string of the molecule is CC1OCCC1(CN)CC1CCCC1. The second kappa shape index (κ2) is 4.19. The molecule has 2 rings (SSSR count). The highest BCUT2D eigenvalue weighted by Crippen LogP contribution is 2.43. The number of hydrogen-bond donors (Lipinski definition) is 1. The minimum Gasteiger partial charge on any atom is -0.378 e. The maximum atomic E-state index is 5.96. The fraction of sp³-hybridized carbons (Fsp3) is 1.00. The van der Waals surface area contributed by atoms with Crippen molar-refractivity contribution in [2.75, 3.05) is 13.2 Å². The molecule has 1 heterocycles. The van der Waals surface area contributed by atoms with Gasteiger partial charge in [-0.05, 0) is 25.7 Å². The van der Waals surface area contributed by atoms with Crippen molar-refractivity contribution in [3.8, 4) is 0 Å². The molecule has 2 aliphatic rings. The van der Waals surface area contributed by atoms with Crippen molar-refractivity contribution < 1.29 is 4.74 Å². The Kier molecular flexibility index (Phi) is 3.13. The van der Waals surface area contributed by atoms with E-state index in [1.807, 2.05) is 0 Å². The van der Waals surface area contributed by atoms with Crippen molar-refractivity contribution in [1.29, 1.82) is 0 Å². The zero-order valence-electron chi connectivity index (χ0n) is 9.30. The minimum atomic E-state index is 0.314. The lowest BCUT2D eigenvalue weighted by Crippen LogP contribution is -2.38. The van der Waals surface area contributed by atoms with Crippen LogP contribution < -0.4 is 5.73 Å². The van der Waals surface area contributed by atoms with Crippen LogP contribution in [0.15, 0.2) is 0 Å². The average molecular weight is 197 g/mol. The van der Waals surface area contributed by atoms with Crippen LogP contribution in [0.25, 0.3) is 0 Å². The molecule has 2 nitrogen and oxygen atoms in total. The summed E-state index contributed by atoms with van der Waals surface area (Å²) < 4.78 is 5.69. The summed E-state index contributed by atoms with van der Waals surface area (Å²) in [7, 11) is 0. The van der Waals surface area contributed by atoms with E-state index in [2.05, 4.69) is 6.92 Å². The average Bonchev–Trinajstić information content (AvgIpc) is 2.79. The Morgan fingerprint density at radius 1 is 1.36 bits per heavy atom. The van der Waals surface area contributed by atoms with E-state index in [0.29, 0.717) is 11.5 Å². The lowest BCUT2D eigenvalue weighted by molar-refractivity contribution is 0.0542. The van der Waals surface area contributed by atoms with E-state index in [1.54, 1.807) is 0 Å². The first-order valence-corrected chi connectivity index (χ1v) is 6.08. The molecule has 2 heteroatoms. The van der Waals surface area contributed by atoms with Gasteiger partial charge >= 0.3 is 0 Å². The summed E-state index contributed by atoms with van der Waals surface area (Å²) in [4.78, 5) is 0. The highest BCUT2D eigenvalue weighted by Gasteiger charge is 2.42. The van der Waals surface area contributed by atoms with Crippen LogP contribution in [0.3, 0.4) is 0 Å². The van der Waals surface area contributed by atoms with Crippen LogP contribution in [-0.4, -0.2) is 19.3 Å². The molecule has 0 bridgehead atoms. The van der Waals surface area contributed by atoms with Gasteiger partial charge in [0.15, 0.2) is 0 Å².